The first-order valence-corrected chi connectivity index (χ1v) is 7.55. The van der Waals surface area contributed by atoms with Crippen molar-refractivity contribution in [3.05, 3.63) is 23.3 Å². The van der Waals surface area contributed by atoms with Crippen molar-refractivity contribution < 1.29 is 4.52 Å². The molecule has 0 aliphatic rings. The molecule has 130 valence electrons. The first-order chi connectivity index (χ1) is 11.0. The third-order valence-corrected chi connectivity index (χ3v) is 4.02. The summed E-state index contributed by atoms with van der Waals surface area (Å²) in [4.78, 5) is 4.42. The summed E-state index contributed by atoms with van der Waals surface area (Å²) in [5.41, 5.74) is 4.57. The van der Waals surface area contributed by atoms with Crippen LogP contribution in [0.1, 0.15) is 24.1 Å². The maximum atomic E-state index is 5.33. The Labute approximate surface area is 146 Å². The Kier molecular flexibility index (Phi) is 5.40. The number of hydrogen-bond donors (Lipinski definition) is 2. The highest BCUT2D eigenvalue weighted by atomic mass is 35.5. The zero-order chi connectivity index (χ0) is 16.6. The smallest absolute Gasteiger partial charge is 0.275 e. The standard InChI is InChI=1S/C15H21N7O.ClH/c1-8(16-4)6-13-17-15(23-21-13)12-7-11(18-19-12)14-9(2)20-22(5)10(14)3;/h7-8,16H,6H2,1-5H3,(H,18,19);1H. The molecular formula is C15H22ClN7O. The first-order valence-electron chi connectivity index (χ1n) is 7.55. The number of aromatic nitrogens is 6. The number of nitrogens with one attached hydrogen (secondary N) is 2. The third-order valence-electron chi connectivity index (χ3n) is 4.02. The molecule has 0 aliphatic carbocycles. The van der Waals surface area contributed by atoms with Crippen molar-refractivity contribution in [2.24, 2.45) is 7.05 Å². The number of aromatic amines is 1. The molecule has 3 aromatic heterocycles. The fourth-order valence-electron chi connectivity index (χ4n) is 2.53. The first kappa shape index (κ1) is 18.2. The summed E-state index contributed by atoms with van der Waals surface area (Å²) < 4.78 is 7.18. The fraction of sp³-hybridized carbons (Fsp3) is 0.467. The largest absolute Gasteiger partial charge is 0.332 e. The van der Waals surface area contributed by atoms with Crippen LogP contribution in [0.5, 0.6) is 0 Å². The normalized spacial score (nSPS) is 12.2. The lowest BCUT2D eigenvalue weighted by molar-refractivity contribution is 0.417. The molecule has 0 saturated heterocycles. The van der Waals surface area contributed by atoms with Crippen molar-refractivity contribution in [1.29, 1.82) is 0 Å². The highest BCUT2D eigenvalue weighted by Crippen LogP contribution is 2.27. The average molecular weight is 352 g/mol. The van der Waals surface area contributed by atoms with E-state index in [1.165, 1.54) is 0 Å². The molecular weight excluding hydrogens is 330 g/mol. The maximum absolute atomic E-state index is 5.33. The van der Waals surface area contributed by atoms with E-state index in [-0.39, 0.29) is 12.4 Å². The molecule has 0 saturated carbocycles. The lowest BCUT2D eigenvalue weighted by atomic mass is 10.1. The van der Waals surface area contributed by atoms with E-state index in [4.69, 9.17) is 4.52 Å². The highest BCUT2D eigenvalue weighted by Gasteiger charge is 2.18. The van der Waals surface area contributed by atoms with E-state index in [0.717, 1.165) is 22.6 Å². The summed E-state index contributed by atoms with van der Waals surface area (Å²) in [5, 5.41) is 18.9. The number of nitrogens with zero attached hydrogens (tertiary/aromatic N) is 5. The number of likely N-dealkylation sites (N-methyl/N-ethyl adjacent to an activating group) is 1. The van der Waals surface area contributed by atoms with Gasteiger partial charge in [-0.1, -0.05) is 5.16 Å². The molecule has 2 N–H and O–H groups in total. The van der Waals surface area contributed by atoms with Crippen molar-refractivity contribution >= 4 is 12.4 Å². The number of hydrogen-bond acceptors (Lipinski definition) is 6. The minimum Gasteiger partial charge on any atom is -0.332 e. The molecule has 1 atom stereocenters. The number of aryl methyl sites for hydroxylation is 2. The van der Waals surface area contributed by atoms with Crippen LogP contribution < -0.4 is 5.32 Å². The van der Waals surface area contributed by atoms with Gasteiger partial charge in [0.25, 0.3) is 5.89 Å². The Hall–Kier alpha value is -2.19. The van der Waals surface area contributed by atoms with Crippen LogP contribution in [-0.4, -0.2) is 43.2 Å². The maximum Gasteiger partial charge on any atom is 0.275 e. The second kappa shape index (κ2) is 7.14. The Morgan fingerprint density at radius 1 is 1.38 bits per heavy atom. The van der Waals surface area contributed by atoms with Crippen LogP contribution in [0.25, 0.3) is 22.8 Å². The van der Waals surface area contributed by atoms with Gasteiger partial charge in [-0.05, 0) is 33.9 Å². The Bertz CT molecular complexity index is 820. The Balaban J connectivity index is 0.00000208. The topological polar surface area (TPSA) is 97.5 Å². The predicted molar refractivity (Wildman–Crippen MR) is 93.0 cm³/mol. The van der Waals surface area contributed by atoms with E-state index in [9.17, 15) is 0 Å². The lowest BCUT2D eigenvalue weighted by Crippen LogP contribution is -2.24. The van der Waals surface area contributed by atoms with Gasteiger partial charge in [0.15, 0.2) is 5.82 Å². The molecule has 3 aromatic rings. The van der Waals surface area contributed by atoms with Gasteiger partial charge < -0.3 is 9.84 Å². The van der Waals surface area contributed by atoms with Gasteiger partial charge in [0.05, 0.1) is 11.4 Å². The van der Waals surface area contributed by atoms with E-state index in [1.807, 2.05) is 38.7 Å². The van der Waals surface area contributed by atoms with E-state index in [0.29, 0.717) is 29.9 Å². The van der Waals surface area contributed by atoms with E-state index in [2.05, 4.69) is 37.7 Å². The van der Waals surface area contributed by atoms with E-state index < -0.39 is 0 Å². The lowest BCUT2D eigenvalue weighted by Gasteiger charge is -2.04. The Morgan fingerprint density at radius 2 is 2.12 bits per heavy atom. The minimum atomic E-state index is 0. The van der Waals surface area contributed by atoms with Gasteiger partial charge in [-0.25, -0.2) is 0 Å². The van der Waals surface area contributed by atoms with Gasteiger partial charge in [0.2, 0.25) is 0 Å². The molecule has 0 spiro atoms. The van der Waals surface area contributed by atoms with Gasteiger partial charge in [-0.15, -0.1) is 12.4 Å². The molecule has 0 aromatic carbocycles. The summed E-state index contributed by atoms with van der Waals surface area (Å²) >= 11 is 0. The Morgan fingerprint density at radius 3 is 2.75 bits per heavy atom. The van der Waals surface area contributed by atoms with Crippen molar-refractivity contribution in [1.82, 2.24) is 35.4 Å². The second-order valence-corrected chi connectivity index (χ2v) is 5.75. The highest BCUT2D eigenvalue weighted by molar-refractivity contribution is 5.85. The average Bonchev–Trinajstić information content (AvgIpc) is 3.20. The molecule has 3 heterocycles. The second-order valence-electron chi connectivity index (χ2n) is 5.75. The summed E-state index contributed by atoms with van der Waals surface area (Å²) in [6.45, 7) is 6.06. The quantitative estimate of drug-likeness (QED) is 0.730. The molecule has 1 unspecified atom stereocenters. The van der Waals surface area contributed by atoms with Gasteiger partial charge in [0, 0.05) is 30.8 Å². The van der Waals surface area contributed by atoms with E-state index in [1.54, 1.807) is 0 Å². The summed E-state index contributed by atoms with van der Waals surface area (Å²) in [7, 11) is 3.83. The zero-order valence-electron chi connectivity index (χ0n) is 14.4. The predicted octanol–water partition coefficient (Wildman–Crippen LogP) is 2.05. The van der Waals surface area contributed by atoms with Crippen molar-refractivity contribution in [2.45, 2.75) is 33.2 Å². The molecule has 24 heavy (non-hydrogen) atoms. The number of H-pyrrole nitrogens is 1. The molecule has 0 bridgehead atoms. The van der Waals surface area contributed by atoms with Crippen LogP contribution >= 0.6 is 12.4 Å². The fourth-order valence-corrected chi connectivity index (χ4v) is 2.53. The minimum absolute atomic E-state index is 0. The van der Waals surface area contributed by atoms with Crippen LogP contribution in [0.2, 0.25) is 0 Å². The zero-order valence-corrected chi connectivity index (χ0v) is 15.2. The van der Waals surface area contributed by atoms with Gasteiger partial charge in [-0.2, -0.15) is 15.2 Å². The molecule has 0 radical (unpaired) electrons. The van der Waals surface area contributed by atoms with Crippen LogP contribution in [0, 0.1) is 13.8 Å². The number of rotatable bonds is 5. The van der Waals surface area contributed by atoms with Crippen molar-refractivity contribution in [3.8, 4) is 22.8 Å². The molecule has 0 aliphatic heterocycles. The van der Waals surface area contributed by atoms with Gasteiger partial charge >= 0.3 is 0 Å². The van der Waals surface area contributed by atoms with Crippen LogP contribution in [0.15, 0.2) is 10.6 Å². The van der Waals surface area contributed by atoms with Crippen LogP contribution in [0.3, 0.4) is 0 Å². The van der Waals surface area contributed by atoms with Crippen molar-refractivity contribution in [3.63, 3.8) is 0 Å². The SMILES string of the molecule is CNC(C)Cc1noc(-c2cc(-c3c(C)nn(C)c3C)n[nH]2)n1.Cl. The van der Waals surface area contributed by atoms with Gasteiger partial charge in [0.1, 0.15) is 5.69 Å². The molecule has 8 nitrogen and oxygen atoms in total. The van der Waals surface area contributed by atoms with Crippen molar-refractivity contribution in [2.75, 3.05) is 7.05 Å². The third kappa shape index (κ3) is 3.34. The van der Waals surface area contributed by atoms with Gasteiger partial charge in [-0.3, -0.25) is 9.78 Å². The molecule has 0 amide bonds. The molecule has 0 fully saturated rings. The summed E-state index contributed by atoms with van der Waals surface area (Å²) in [6.07, 6.45) is 0.710. The van der Waals surface area contributed by atoms with Crippen LogP contribution in [0.4, 0.5) is 0 Å². The molecule has 3 rings (SSSR count). The summed E-state index contributed by atoms with van der Waals surface area (Å²) in [6, 6.07) is 2.20. The number of halogens is 1. The van der Waals surface area contributed by atoms with Crippen LogP contribution in [-0.2, 0) is 13.5 Å². The van der Waals surface area contributed by atoms with E-state index >= 15 is 0 Å². The summed E-state index contributed by atoms with van der Waals surface area (Å²) in [5.74, 6) is 1.12. The monoisotopic (exact) mass is 351 g/mol. The molecule has 9 heteroatoms.